The summed E-state index contributed by atoms with van der Waals surface area (Å²) in [6.07, 6.45) is 0.495. The van der Waals surface area contributed by atoms with Crippen LogP contribution in [0.1, 0.15) is 5.56 Å². The Kier molecular flexibility index (Phi) is 2.86. The zero-order chi connectivity index (χ0) is 14.2. The highest BCUT2D eigenvalue weighted by Crippen LogP contribution is 2.36. The summed E-state index contributed by atoms with van der Waals surface area (Å²) in [5.41, 5.74) is 4.43. The van der Waals surface area contributed by atoms with Gasteiger partial charge in [-0.1, -0.05) is 42.5 Å². The summed E-state index contributed by atoms with van der Waals surface area (Å²) in [4.78, 5) is 13.9. The second kappa shape index (κ2) is 4.86. The molecule has 21 heavy (non-hydrogen) atoms. The maximum atomic E-state index is 11.4. The van der Waals surface area contributed by atoms with E-state index in [0.717, 1.165) is 16.8 Å². The van der Waals surface area contributed by atoms with E-state index in [0.29, 0.717) is 6.42 Å². The molecule has 0 radical (unpaired) electrons. The molecule has 1 aliphatic heterocycles. The van der Waals surface area contributed by atoms with E-state index in [1.807, 2.05) is 12.1 Å². The Morgan fingerprint density at radius 1 is 0.857 bits per heavy atom. The average Bonchev–Trinajstić information content (AvgIpc) is 3.12. The van der Waals surface area contributed by atoms with Crippen LogP contribution in [0.15, 0.2) is 60.7 Å². The smallest absolute Gasteiger partial charge is 0.228 e. The molecule has 2 heterocycles. The largest absolute Gasteiger partial charge is 0.326 e. The van der Waals surface area contributed by atoms with Gasteiger partial charge in [0.15, 0.2) is 0 Å². The highest BCUT2D eigenvalue weighted by Gasteiger charge is 2.18. The number of carbonyl (C=O) groups excluding carboxylic acids is 1. The highest BCUT2D eigenvalue weighted by atomic mass is 32.1. The third kappa shape index (κ3) is 2.26. The van der Waals surface area contributed by atoms with Crippen molar-refractivity contribution in [3.8, 4) is 20.9 Å². The highest BCUT2D eigenvalue weighted by molar-refractivity contribution is 7.18. The molecule has 1 N–H and O–H groups in total. The van der Waals surface area contributed by atoms with Crippen LogP contribution in [0.4, 0.5) is 5.69 Å². The van der Waals surface area contributed by atoms with Crippen molar-refractivity contribution in [2.75, 3.05) is 5.32 Å². The fraction of sp³-hybridized carbons (Fsp3) is 0.0556. The second-order valence-electron chi connectivity index (χ2n) is 5.13. The van der Waals surface area contributed by atoms with Crippen molar-refractivity contribution >= 4 is 22.9 Å². The summed E-state index contributed by atoms with van der Waals surface area (Å²) in [5.74, 6) is 0.0818. The van der Waals surface area contributed by atoms with Crippen LogP contribution in [-0.2, 0) is 11.2 Å². The molecule has 0 saturated carbocycles. The summed E-state index contributed by atoms with van der Waals surface area (Å²) in [6.45, 7) is 0. The van der Waals surface area contributed by atoms with E-state index in [1.165, 1.54) is 15.3 Å². The van der Waals surface area contributed by atoms with Crippen molar-refractivity contribution in [1.82, 2.24) is 0 Å². The minimum absolute atomic E-state index is 0.0818. The fourth-order valence-electron chi connectivity index (χ4n) is 2.62. The number of carbonyl (C=O) groups is 1. The average molecular weight is 291 g/mol. The number of anilines is 1. The Balaban J connectivity index is 1.71. The van der Waals surface area contributed by atoms with Crippen LogP contribution in [0.3, 0.4) is 0 Å². The first-order valence-electron chi connectivity index (χ1n) is 6.88. The Bertz CT molecular complexity index is 820. The predicted molar refractivity (Wildman–Crippen MR) is 87.5 cm³/mol. The zero-order valence-corrected chi connectivity index (χ0v) is 12.1. The maximum absolute atomic E-state index is 11.4. The first-order chi connectivity index (χ1) is 10.3. The molecule has 0 spiro atoms. The van der Waals surface area contributed by atoms with E-state index in [2.05, 4.69) is 53.8 Å². The van der Waals surface area contributed by atoms with Crippen LogP contribution in [0.25, 0.3) is 20.9 Å². The number of rotatable bonds is 2. The molecule has 3 heteroatoms. The number of amides is 1. The van der Waals surface area contributed by atoms with Crippen molar-refractivity contribution in [3.63, 3.8) is 0 Å². The SMILES string of the molecule is O=C1Cc2ccc(-c3ccc(-c4ccccc4)s3)cc2N1. The van der Waals surface area contributed by atoms with E-state index in [9.17, 15) is 4.79 Å². The molecule has 0 atom stereocenters. The van der Waals surface area contributed by atoms with Crippen molar-refractivity contribution < 1.29 is 4.79 Å². The van der Waals surface area contributed by atoms with Gasteiger partial charge in [-0.2, -0.15) is 0 Å². The molecule has 0 aliphatic carbocycles. The van der Waals surface area contributed by atoms with Crippen molar-refractivity contribution in [1.29, 1.82) is 0 Å². The quantitative estimate of drug-likeness (QED) is 0.736. The minimum Gasteiger partial charge on any atom is -0.326 e. The van der Waals surface area contributed by atoms with E-state index in [4.69, 9.17) is 0 Å². The Morgan fingerprint density at radius 3 is 2.43 bits per heavy atom. The molecule has 0 unspecified atom stereocenters. The van der Waals surface area contributed by atoms with Gasteiger partial charge in [0.05, 0.1) is 6.42 Å². The second-order valence-corrected chi connectivity index (χ2v) is 6.21. The monoisotopic (exact) mass is 291 g/mol. The molecular formula is C18H13NOS. The Hall–Kier alpha value is -2.39. The fourth-order valence-corrected chi connectivity index (χ4v) is 3.63. The molecule has 0 saturated heterocycles. The number of nitrogens with one attached hydrogen (secondary N) is 1. The van der Waals surface area contributed by atoms with Gasteiger partial charge in [-0.05, 0) is 34.9 Å². The van der Waals surface area contributed by atoms with Crippen molar-refractivity contribution in [2.45, 2.75) is 6.42 Å². The number of benzene rings is 2. The van der Waals surface area contributed by atoms with Crippen molar-refractivity contribution in [3.05, 3.63) is 66.2 Å². The zero-order valence-electron chi connectivity index (χ0n) is 11.3. The summed E-state index contributed by atoms with van der Waals surface area (Å²) < 4.78 is 0. The molecule has 4 rings (SSSR count). The van der Waals surface area contributed by atoms with Gasteiger partial charge in [0.1, 0.15) is 0 Å². The molecule has 2 nitrogen and oxygen atoms in total. The topological polar surface area (TPSA) is 29.1 Å². The molecule has 1 amide bonds. The van der Waals surface area contributed by atoms with Gasteiger partial charge < -0.3 is 5.32 Å². The van der Waals surface area contributed by atoms with Gasteiger partial charge in [-0.3, -0.25) is 4.79 Å². The van der Waals surface area contributed by atoms with Crippen LogP contribution in [0.5, 0.6) is 0 Å². The Morgan fingerprint density at radius 2 is 1.62 bits per heavy atom. The summed E-state index contributed by atoms with van der Waals surface area (Å²) in [6, 6.07) is 20.9. The standard InChI is InChI=1S/C18H13NOS/c20-18-11-13-6-7-14(10-15(13)19-18)17-9-8-16(21-17)12-4-2-1-3-5-12/h1-10H,11H2,(H,19,20). The van der Waals surface area contributed by atoms with Crippen LogP contribution in [0.2, 0.25) is 0 Å². The van der Waals surface area contributed by atoms with Gasteiger partial charge in [0.2, 0.25) is 5.91 Å². The van der Waals surface area contributed by atoms with Gasteiger partial charge >= 0.3 is 0 Å². The van der Waals surface area contributed by atoms with E-state index >= 15 is 0 Å². The number of hydrogen-bond acceptors (Lipinski definition) is 2. The number of fused-ring (bicyclic) bond motifs is 1. The van der Waals surface area contributed by atoms with Gasteiger partial charge in [-0.25, -0.2) is 0 Å². The molecule has 0 fully saturated rings. The van der Waals surface area contributed by atoms with Gasteiger partial charge in [-0.15, -0.1) is 11.3 Å². The molecule has 1 aliphatic rings. The lowest BCUT2D eigenvalue weighted by atomic mass is 10.1. The third-order valence-electron chi connectivity index (χ3n) is 3.68. The van der Waals surface area contributed by atoms with Gasteiger partial charge in [0, 0.05) is 15.4 Å². The van der Waals surface area contributed by atoms with E-state index < -0.39 is 0 Å². The van der Waals surface area contributed by atoms with E-state index in [1.54, 1.807) is 11.3 Å². The van der Waals surface area contributed by atoms with Crippen LogP contribution >= 0.6 is 11.3 Å². The molecule has 1 aromatic heterocycles. The summed E-state index contributed by atoms with van der Waals surface area (Å²) in [7, 11) is 0. The number of hydrogen-bond donors (Lipinski definition) is 1. The van der Waals surface area contributed by atoms with Gasteiger partial charge in [0.25, 0.3) is 0 Å². The van der Waals surface area contributed by atoms with Crippen molar-refractivity contribution in [2.24, 2.45) is 0 Å². The molecule has 102 valence electrons. The lowest BCUT2D eigenvalue weighted by Crippen LogP contribution is -2.03. The lowest BCUT2D eigenvalue weighted by molar-refractivity contribution is -0.115. The first kappa shape index (κ1) is 12.4. The maximum Gasteiger partial charge on any atom is 0.228 e. The first-order valence-corrected chi connectivity index (χ1v) is 7.70. The predicted octanol–water partition coefficient (Wildman–Crippen LogP) is 4.58. The minimum atomic E-state index is 0.0818. The molecule has 3 aromatic rings. The molecular weight excluding hydrogens is 278 g/mol. The molecule has 2 aromatic carbocycles. The van der Waals surface area contributed by atoms with Crippen LogP contribution < -0.4 is 5.32 Å². The number of thiophene rings is 1. The third-order valence-corrected chi connectivity index (χ3v) is 4.87. The summed E-state index contributed by atoms with van der Waals surface area (Å²) >= 11 is 1.77. The van der Waals surface area contributed by atoms with Crippen LogP contribution in [0, 0.1) is 0 Å². The summed E-state index contributed by atoms with van der Waals surface area (Å²) in [5, 5.41) is 2.91. The normalized spacial score (nSPS) is 13.0. The Labute approximate surface area is 127 Å². The lowest BCUT2D eigenvalue weighted by Gasteiger charge is -2.02. The van der Waals surface area contributed by atoms with Crippen LogP contribution in [-0.4, -0.2) is 5.91 Å². The van der Waals surface area contributed by atoms with E-state index in [-0.39, 0.29) is 5.91 Å². The molecule has 0 bridgehead atoms.